The van der Waals surface area contributed by atoms with Gasteiger partial charge in [0, 0.05) is 10.7 Å². The Morgan fingerprint density at radius 2 is 1.82 bits per heavy atom. The van der Waals surface area contributed by atoms with Gasteiger partial charge in [-0.1, -0.05) is 11.6 Å². The van der Waals surface area contributed by atoms with Gasteiger partial charge in [0.05, 0.1) is 14.3 Å². The number of benzene rings is 2. The smallest absolute Gasteiger partial charge is 0.343 e. The number of carbonyl (C=O) groups excluding carboxylic acids is 2. The lowest BCUT2D eigenvalue weighted by atomic mass is 10.1. The number of nitrogens with zero attached hydrogens (tertiary/aromatic N) is 1. The number of ether oxygens (including phenoxy) is 2. The molecular weight excluding hydrogens is 609 g/mol. The Bertz CT molecular complexity index is 946. The quantitative estimate of drug-likeness (QED) is 0.220. The van der Waals surface area contributed by atoms with Gasteiger partial charge in [-0.2, -0.15) is 5.26 Å². The molecule has 0 atom stereocenters. The summed E-state index contributed by atoms with van der Waals surface area (Å²) >= 11 is 9.94. The third-order valence-corrected chi connectivity index (χ3v) is 5.22. The van der Waals surface area contributed by atoms with Crippen LogP contribution in [0.3, 0.4) is 0 Å². The molecule has 2 rings (SSSR count). The SMILES string of the molecule is COC(=O)COc1c(I)cc(/C=C(/C#N)C(=O)Nc2ccc(Cl)cc2)cc1I. The number of nitriles is 1. The summed E-state index contributed by atoms with van der Waals surface area (Å²) in [5, 5.41) is 12.6. The fourth-order valence-corrected chi connectivity index (χ4v) is 4.29. The highest BCUT2D eigenvalue weighted by atomic mass is 127. The van der Waals surface area contributed by atoms with Crippen LogP contribution in [-0.4, -0.2) is 25.6 Å². The van der Waals surface area contributed by atoms with Crippen molar-refractivity contribution < 1.29 is 19.1 Å². The molecule has 0 heterocycles. The Kier molecular flexibility index (Phi) is 8.53. The number of anilines is 1. The topological polar surface area (TPSA) is 88.4 Å². The maximum absolute atomic E-state index is 12.4. The molecule has 0 saturated heterocycles. The van der Waals surface area contributed by atoms with Crippen molar-refractivity contribution in [1.82, 2.24) is 0 Å². The summed E-state index contributed by atoms with van der Waals surface area (Å²) < 4.78 is 11.5. The Labute approximate surface area is 194 Å². The largest absolute Gasteiger partial charge is 0.480 e. The molecule has 0 fully saturated rings. The van der Waals surface area contributed by atoms with E-state index in [-0.39, 0.29) is 12.2 Å². The van der Waals surface area contributed by atoms with Crippen molar-refractivity contribution in [2.75, 3.05) is 19.0 Å². The molecule has 1 N–H and O–H groups in total. The maximum atomic E-state index is 12.4. The van der Waals surface area contributed by atoms with Gasteiger partial charge in [-0.15, -0.1) is 0 Å². The molecule has 144 valence electrons. The van der Waals surface area contributed by atoms with Gasteiger partial charge < -0.3 is 14.8 Å². The highest BCUT2D eigenvalue weighted by Gasteiger charge is 2.13. The molecule has 1 amide bonds. The molecule has 0 spiro atoms. The van der Waals surface area contributed by atoms with Gasteiger partial charge in [0.25, 0.3) is 5.91 Å². The molecule has 0 unspecified atom stereocenters. The van der Waals surface area contributed by atoms with Crippen LogP contribution in [0.25, 0.3) is 6.08 Å². The molecule has 2 aromatic rings. The number of rotatable bonds is 6. The van der Waals surface area contributed by atoms with Crippen LogP contribution in [0, 0.1) is 18.5 Å². The van der Waals surface area contributed by atoms with Gasteiger partial charge in [-0.25, -0.2) is 4.79 Å². The van der Waals surface area contributed by atoms with Gasteiger partial charge in [-0.05, 0) is 93.2 Å². The minimum absolute atomic E-state index is 0.0511. The number of halogens is 3. The summed E-state index contributed by atoms with van der Waals surface area (Å²) in [6, 6.07) is 12.0. The molecule has 9 heteroatoms. The summed E-state index contributed by atoms with van der Waals surface area (Å²) in [6.07, 6.45) is 1.49. The summed E-state index contributed by atoms with van der Waals surface area (Å²) in [5.41, 5.74) is 1.14. The minimum Gasteiger partial charge on any atom is -0.480 e. The summed E-state index contributed by atoms with van der Waals surface area (Å²) in [5.74, 6) is -0.477. The van der Waals surface area contributed by atoms with E-state index in [1.807, 2.05) is 6.07 Å². The van der Waals surface area contributed by atoms with Crippen LogP contribution in [0.4, 0.5) is 5.69 Å². The van der Waals surface area contributed by atoms with Crippen LogP contribution in [-0.2, 0) is 14.3 Å². The third-order valence-electron chi connectivity index (χ3n) is 3.36. The zero-order valence-electron chi connectivity index (χ0n) is 14.5. The van der Waals surface area contributed by atoms with Crippen LogP contribution < -0.4 is 10.1 Å². The van der Waals surface area contributed by atoms with Gasteiger partial charge in [0.15, 0.2) is 6.61 Å². The average molecular weight is 623 g/mol. The highest BCUT2D eigenvalue weighted by Crippen LogP contribution is 2.30. The zero-order chi connectivity index (χ0) is 20.7. The monoisotopic (exact) mass is 622 g/mol. The number of hydrogen-bond donors (Lipinski definition) is 1. The van der Waals surface area contributed by atoms with E-state index in [9.17, 15) is 14.9 Å². The molecule has 2 aromatic carbocycles. The van der Waals surface area contributed by atoms with Gasteiger partial charge >= 0.3 is 5.97 Å². The number of amides is 1. The van der Waals surface area contributed by atoms with Crippen molar-refractivity contribution >= 4 is 80.4 Å². The second-order valence-corrected chi connectivity index (χ2v) is 8.07. The first-order chi connectivity index (χ1) is 13.3. The molecule has 0 bridgehead atoms. The third kappa shape index (κ3) is 6.35. The zero-order valence-corrected chi connectivity index (χ0v) is 19.5. The normalized spacial score (nSPS) is 10.8. The van der Waals surface area contributed by atoms with E-state index in [1.165, 1.54) is 13.2 Å². The predicted octanol–water partition coefficient (Wildman–Crippen LogP) is 4.65. The van der Waals surface area contributed by atoms with Crippen molar-refractivity contribution in [2.45, 2.75) is 0 Å². The van der Waals surface area contributed by atoms with Crippen LogP contribution in [0.15, 0.2) is 42.0 Å². The molecule has 0 aliphatic rings. The first-order valence-electron chi connectivity index (χ1n) is 7.71. The molecule has 0 aliphatic carbocycles. The van der Waals surface area contributed by atoms with E-state index in [2.05, 4.69) is 55.2 Å². The molecule has 0 aliphatic heterocycles. The number of methoxy groups -OCH3 is 1. The van der Waals surface area contributed by atoms with E-state index in [1.54, 1.807) is 36.4 Å². The van der Waals surface area contributed by atoms with Crippen LogP contribution in [0.5, 0.6) is 5.75 Å². The molecule has 0 saturated carbocycles. The van der Waals surface area contributed by atoms with E-state index >= 15 is 0 Å². The molecule has 28 heavy (non-hydrogen) atoms. The lowest BCUT2D eigenvalue weighted by molar-refractivity contribution is -0.142. The Morgan fingerprint density at radius 1 is 1.21 bits per heavy atom. The van der Waals surface area contributed by atoms with E-state index in [0.717, 1.165) is 7.14 Å². The first-order valence-corrected chi connectivity index (χ1v) is 10.2. The summed E-state index contributed by atoms with van der Waals surface area (Å²) in [7, 11) is 1.29. The highest BCUT2D eigenvalue weighted by molar-refractivity contribution is 14.1. The standard InChI is InChI=1S/C19H13ClI2N2O4/c1-27-17(25)10-28-18-15(21)7-11(8-16(18)22)6-12(9-23)19(26)24-14-4-2-13(20)3-5-14/h2-8H,10H2,1H3,(H,24,26)/b12-6-. The van der Waals surface area contributed by atoms with Crippen molar-refractivity contribution in [3.63, 3.8) is 0 Å². The molecule has 6 nitrogen and oxygen atoms in total. The fraction of sp³-hybridized carbons (Fsp3) is 0.105. The van der Waals surface area contributed by atoms with Gasteiger partial charge in [0.1, 0.15) is 17.4 Å². The molecular formula is C19H13ClI2N2O4. The van der Waals surface area contributed by atoms with Crippen LogP contribution in [0.2, 0.25) is 5.02 Å². The number of esters is 1. The lowest BCUT2D eigenvalue weighted by Gasteiger charge is -2.10. The summed E-state index contributed by atoms with van der Waals surface area (Å²) in [4.78, 5) is 23.6. The lowest BCUT2D eigenvalue weighted by Crippen LogP contribution is -2.14. The van der Waals surface area contributed by atoms with E-state index in [4.69, 9.17) is 16.3 Å². The second-order valence-electron chi connectivity index (χ2n) is 5.31. The minimum atomic E-state index is -0.527. The van der Waals surface area contributed by atoms with E-state index in [0.29, 0.717) is 22.0 Å². The number of carbonyl (C=O) groups is 2. The molecule has 0 aromatic heterocycles. The maximum Gasteiger partial charge on any atom is 0.343 e. The number of nitrogens with one attached hydrogen (secondary N) is 1. The second kappa shape index (κ2) is 10.6. The van der Waals surface area contributed by atoms with Gasteiger partial charge in [0.2, 0.25) is 0 Å². The fourth-order valence-electron chi connectivity index (χ4n) is 2.04. The van der Waals surface area contributed by atoms with Crippen molar-refractivity contribution in [1.29, 1.82) is 5.26 Å². The Morgan fingerprint density at radius 3 is 2.36 bits per heavy atom. The Balaban J connectivity index is 2.21. The Hall–Kier alpha value is -1.84. The summed E-state index contributed by atoms with van der Waals surface area (Å²) in [6.45, 7) is -0.204. The predicted molar refractivity (Wildman–Crippen MR) is 123 cm³/mol. The van der Waals surface area contributed by atoms with Crippen LogP contribution in [0.1, 0.15) is 5.56 Å². The van der Waals surface area contributed by atoms with Crippen molar-refractivity contribution in [3.05, 3.63) is 59.7 Å². The van der Waals surface area contributed by atoms with Gasteiger partial charge in [-0.3, -0.25) is 4.79 Å². The number of hydrogen-bond acceptors (Lipinski definition) is 5. The van der Waals surface area contributed by atoms with E-state index < -0.39 is 11.9 Å². The van der Waals surface area contributed by atoms with Crippen LogP contribution >= 0.6 is 56.8 Å². The van der Waals surface area contributed by atoms with Crippen molar-refractivity contribution in [2.24, 2.45) is 0 Å². The average Bonchev–Trinajstić information content (AvgIpc) is 2.66. The molecule has 0 radical (unpaired) electrons. The first kappa shape index (κ1) is 22.4. The van der Waals surface area contributed by atoms with Crippen molar-refractivity contribution in [3.8, 4) is 11.8 Å².